The molecule has 1 nitrogen and oxygen atoms in total. The Morgan fingerprint density at radius 1 is 1.09 bits per heavy atom. The molecule has 11 heavy (non-hydrogen) atoms. The minimum absolute atomic E-state index is 0.744. The maximum Gasteiger partial charge on any atom is 0.0601 e. The molecular weight excluding hydrogens is 134 g/mol. The van der Waals surface area contributed by atoms with Crippen LogP contribution in [-0.2, 0) is 0 Å². The smallest absolute Gasteiger partial charge is 0.0601 e. The number of likely N-dealkylation sites (tertiary alicyclic amines) is 1. The lowest BCUT2D eigenvalue weighted by Crippen LogP contribution is -2.29. The molecule has 0 spiro atoms. The van der Waals surface area contributed by atoms with Gasteiger partial charge in [0.25, 0.3) is 0 Å². The van der Waals surface area contributed by atoms with Gasteiger partial charge < -0.3 is 0 Å². The van der Waals surface area contributed by atoms with E-state index in [1.165, 1.54) is 32.4 Å². The quantitative estimate of drug-likeness (QED) is 0.514. The first-order valence-corrected chi connectivity index (χ1v) is 4.41. The van der Waals surface area contributed by atoms with Crippen molar-refractivity contribution in [3.05, 3.63) is 6.92 Å². The maximum atomic E-state index is 3.68. The van der Waals surface area contributed by atoms with Gasteiger partial charge in [0.1, 0.15) is 0 Å². The molecule has 1 aliphatic heterocycles. The second kappa shape index (κ2) is 5.21. The summed E-state index contributed by atoms with van der Waals surface area (Å²) >= 11 is 0. The van der Waals surface area contributed by atoms with Gasteiger partial charge in [0.2, 0.25) is 0 Å². The second-order valence-corrected chi connectivity index (χ2v) is 2.94. The van der Waals surface area contributed by atoms with Gasteiger partial charge >= 0.3 is 0 Å². The average Bonchev–Trinajstić information content (AvgIpc) is 2.07. The molecule has 1 heterocycles. The molecule has 0 aromatic heterocycles. The summed E-state index contributed by atoms with van der Waals surface area (Å²) in [7, 11) is 0. The van der Waals surface area contributed by atoms with Crippen LogP contribution in [0.15, 0.2) is 0 Å². The van der Waals surface area contributed by atoms with Crippen LogP contribution in [0.2, 0.25) is 0 Å². The van der Waals surface area contributed by atoms with Crippen molar-refractivity contribution in [2.24, 2.45) is 0 Å². The molecule has 0 N–H and O–H groups in total. The first kappa shape index (κ1) is 8.62. The molecule has 0 aromatic carbocycles. The van der Waals surface area contributed by atoms with E-state index in [-0.39, 0.29) is 0 Å². The molecule has 1 saturated heterocycles. The number of hydrogen-bond donors (Lipinski definition) is 0. The highest BCUT2D eigenvalue weighted by atomic mass is 15.1. The number of piperidine rings is 1. The van der Waals surface area contributed by atoms with E-state index < -0.39 is 0 Å². The third-order valence-corrected chi connectivity index (χ3v) is 2.00. The van der Waals surface area contributed by atoms with Crippen molar-refractivity contribution >= 4 is 0 Å². The summed E-state index contributed by atoms with van der Waals surface area (Å²) in [5, 5.41) is 0. The van der Waals surface area contributed by atoms with E-state index in [1.54, 1.807) is 0 Å². The summed E-state index contributed by atoms with van der Waals surface area (Å²) in [6, 6.07) is 0. The lowest BCUT2D eigenvalue weighted by molar-refractivity contribution is 0.255. The van der Waals surface area contributed by atoms with E-state index in [1.807, 2.05) is 0 Å². The van der Waals surface area contributed by atoms with Gasteiger partial charge in [-0.05, 0) is 32.9 Å². The van der Waals surface area contributed by atoms with Gasteiger partial charge in [0.15, 0.2) is 0 Å². The van der Waals surface area contributed by atoms with E-state index in [4.69, 9.17) is 0 Å². The number of hydrogen-bond acceptors (Lipinski definition) is 1. The van der Waals surface area contributed by atoms with Crippen LogP contribution in [0.1, 0.15) is 25.7 Å². The van der Waals surface area contributed by atoms with Crippen molar-refractivity contribution in [1.29, 1.82) is 0 Å². The minimum atomic E-state index is 0.744. The monoisotopic (exact) mass is 150 g/mol. The summed E-state index contributed by atoms with van der Waals surface area (Å²) < 4.78 is 0. The van der Waals surface area contributed by atoms with Crippen molar-refractivity contribution in [2.45, 2.75) is 25.7 Å². The molecule has 1 radical (unpaired) electrons. The fourth-order valence-electron chi connectivity index (χ4n) is 1.37. The van der Waals surface area contributed by atoms with Gasteiger partial charge in [-0.1, -0.05) is 12.3 Å². The first-order chi connectivity index (χ1) is 5.43. The topological polar surface area (TPSA) is 3.24 Å². The summed E-state index contributed by atoms with van der Waals surface area (Å²) in [5.74, 6) is 6.11. The number of rotatable bonds is 1. The summed E-state index contributed by atoms with van der Waals surface area (Å²) in [4.78, 5) is 2.42. The average molecular weight is 150 g/mol. The maximum absolute atomic E-state index is 3.68. The van der Waals surface area contributed by atoms with Gasteiger partial charge in [-0.2, -0.15) is 0 Å². The van der Waals surface area contributed by atoms with Crippen LogP contribution >= 0.6 is 0 Å². The van der Waals surface area contributed by atoms with Crippen LogP contribution in [0.5, 0.6) is 0 Å². The largest absolute Gasteiger partial charge is 0.292 e. The Bertz CT molecular complexity index is 146. The Morgan fingerprint density at radius 2 is 1.82 bits per heavy atom. The molecule has 1 aliphatic rings. The molecule has 1 fully saturated rings. The standard InChI is InChI=1S/C10H16N/c1-2-3-5-8-11-9-6-4-7-10-11/h1-2,4,6-10H2. The Labute approximate surface area is 69.8 Å². The molecule has 1 rings (SSSR count). The third kappa shape index (κ3) is 3.43. The van der Waals surface area contributed by atoms with Crippen LogP contribution in [0, 0.1) is 18.8 Å². The molecule has 0 atom stereocenters. The second-order valence-electron chi connectivity index (χ2n) is 2.94. The van der Waals surface area contributed by atoms with Gasteiger partial charge in [0, 0.05) is 6.42 Å². The predicted octanol–water partition coefficient (Wildman–Crippen LogP) is 1.70. The van der Waals surface area contributed by atoms with Crippen molar-refractivity contribution in [3.8, 4) is 11.8 Å². The predicted molar refractivity (Wildman–Crippen MR) is 48.0 cm³/mol. The Hall–Kier alpha value is -0.480. The fourth-order valence-corrected chi connectivity index (χ4v) is 1.37. The van der Waals surface area contributed by atoms with Crippen LogP contribution in [0.4, 0.5) is 0 Å². The summed E-state index contributed by atoms with van der Waals surface area (Å²) in [6.07, 6.45) is 4.85. The number of nitrogens with zero attached hydrogens (tertiary/aromatic N) is 1. The zero-order chi connectivity index (χ0) is 7.94. The third-order valence-electron chi connectivity index (χ3n) is 2.00. The van der Waals surface area contributed by atoms with Gasteiger partial charge in [-0.25, -0.2) is 0 Å². The minimum Gasteiger partial charge on any atom is -0.292 e. The molecular formula is C10H16N. The summed E-state index contributed by atoms with van der Waals surface area (Å²) in [6.45, 7) is 7.11. The highest BCUT2D eigenvalue weighted by Crippen LogP contribution is 2.06. The van der Waals surface area contributed by atoms with E-state index >= 15 is 0 Å². The Balaban J connectivity index is 2.14. The lowest BCUT2D eigenvalue weighted by Gasteiger charge is -2.23. The highest BCUT2D eigenvalue weighted by Gasteiger charge is 2.06. The molecule has 0 bridgehead atoms. The van der Waals surface area contributed by atoms with Crippen molar-refractivity contribution in [1.82, 2.24) is 4.90 Å². The van der Waals surface area contributed by atoms with Gasteiger partial charge in [-0.3, -0.25) is 4.90 Å². The molecule has 0 aromatic rings. The Kier molecular flexibility index (Phi) is 4.08. The first-order valence-electron chi connectivity index (χ1n) is 4.41. The molecule has 0 aliphatic carbocycles. The zero-order valence-electron chi connectivity index (χ0n) is 7.10. The lowest BCUT2D eigenvalue weighted by atomic mass is 10.1. The zero-order valence-corrected chi connectivity index (χ0v) is 7.10. The van der Waals surface area contributed by atoms with Crippen molar-refractivity contribution in [2.75, 3.05) is 19.6 Å². The molecule has 0 unspecified atom stereocenters. The molecule has 0 saturated carbocycles. The normalized spacial score (nSPS) is 19.0. The highest BCUT2D eigenvalue weighted by molar-refractivity contribution is 5.01. The fraction of sp³-hybridized carbons (Fsp3) is 0.700. The van der Waals surface area contributed by atoms with E-state index in [9.17, 15) is 0 Å². The van der Waals surface area contributed by atoms with Gasteiger partial charge in [0.05, 0.1) is 6.54 Å². The summed E-state index contributed by atoms with van der Waals surface area (Å²) in [5.41, 5.74) is 0. The van der Waals surface area contributed by atoms with Gasteiger partial charge in [-0.15, -0.1) is 5.92 Å². The van der Waals surface area contributed by atoms with E-state index in [0.29, 0.717) is 0 Å². The van der Waals surface area contributed by atoms with Crippen LogP contribution < -0.4 is 0 Å². The van der Waals surface area contributed by atoms with Crippen LogP contribution in [0.3, 0.4) is 0 Å². The molecule has 1 heteroatoms. The Morgan fingerprint density at radius 3 is 2.45 bits per heavy atom. The molecule has 61 valence electrons. The van der Waals surface area contributed by atoms with E-state index in [2.05, 4.69) is 23.7 Å². The molecule has 0 amide bonds. The van der Waals surface area contributed by atoms with Crippen LogP contribution in [-0.4, -0.2) is 24.5 Å². The van der Waals surface area contributed by atoms with Crippen molar-refractivity contribution < 1.29 is 0 Å². The van der Waals surface area contributed by atoms with E-state index in [0.717, 1.165) is 13.0 Å². The van der Waals surface area contributed by atoms with Crippen LogP contribution in [0.25, 0.3) is 0 Å². The SMILES string of the molecule is [CH2]CC#CCN1CCCCC1. The van der Waals surface area contributed by atoms with Crippen molar-refractivity contribution in [3.63, 3.8) is 0 Å².